The van der Waals surface area contributed by atoms with E-state index in [1.165, 1.54) is 6.07 Å². The highest BCUT2D eigenvalue weighted by molar-refractivity contribution is 9.10. The number of benzene rings is 3. The van der Waals surface area contributed by atoms with E-state index in [0.717, 1.165) is 10.8 Å². The molecular formula is C16H10BrFO. The Balaban J connectivity index is 2.28. The molecule has 0 spiro atoms. The largest absolute Gasteiger partial charge is 0.507 e. The van der Waals surface area contributed by atoms with Crippen molar-refractivity contribution in [2.75, 3.05) is 0 Å². The van der Waals surface area contributed by atoms with Gasteiger partial charge in [0.1, 0.15) is 11.6 Å². The van der Waals surface area contributed by atoms with E-state index in [1.807, 2.05) is 30.3 Å². The summed E-state index contributed by atoms with van der Waals surface area (Å²) >= 11 is 3.22. The van der Waals surface area contributed by atoms with Gasteiger partial charge >= 0.3 is 0 Å². The molecule has 0 aliphatic heterocycles. The summed E-state index contributed by atoms with van der Waals surface area (Å²) < 4.78 is 14.7. The molecule has 3 aromatic carbocycles. The number of fused-ring (bicyclic) bond motifs is 1. The average Bonchev–Trinajstić information content (AvgIpc) is 2.41. The number of phenolic OH excluding ortho intramolecular Hbond substituents is 1. The summed E-state index contributed by atoms with van der Waals surface area (Å²) in [6, 6.07) is 15.9. The highest BCUT2D eigenvalue weighted by Crippen LogP contribution is 2.37. The summed E-state index contributed by atoms with van der Waals surface area (Å²) in [4.78, 5) is 0. The molecule has 1 N–H and O–H groups in total. The Morgan fingerprint density at radius 3 is 2.42 bits per heavy atom. The molecule has 0 radical (unpaired) electrons. The Morgan fingerprint density at radius 1 is 0.895 bits per heavy atom. The van der Waals surface area contributed by atoms with Gasteiger partial charge in [-0.1, -0.05) is 52.3 Å². The lowest BCUT2D eigenvalue weighted by atomic mass is 9.99. The van der Waals surface area contributed by atoms with E-state index in [4.69, 9.17) is 0 Å². The van der Waals surface area contributed by atoms with Crippen LogP contribution in [0.25, 0.3) is 21.9 Å². The van der Waals surface area contributed by atoms with Crippen LogP contribution in [0.2, 0.25) is 0 Å². The quantitative estimate of drug-likeness (QED) is 0.661. The predicted molar refractivity (Wildman–Crippen MR) is 78.7 cm³/mol. The Hall–Kier alpha value is -1.87. The first-order valence-corrected chi connectivity index (χ1v) is 6.62. The average molecular weight is 317 g/mol. The van der Waals surface area contributed by atoms with Crippen molar-refractivity contribution in [1.82, 2.24) is 0 Å². The molecule has 3 aromatic rings. The molecule has 0 atom stereocenters. The van der Waals surface area contributed by atoms with Gasteiger partial charge in [0.15, 0.2) is 0 Å². The molecule has 0 fully saturated rings. The second-order valence-corrected chi connectivity index (χ2v) is 5.22. The van der Waals surface area contributed by atoms with Crippen molar-refractivity contribution < 1.29 is 9.50 Å². The third-order valence-electron chi connectivity index (χ3n) is 3.12. The van der Waals surface area contributed by atoms with Gasteiger partial charge in [0.25, 0.3) is 0 Å². The van der Waals surface area contributed by atoms with E-state index in [1.54, 1.807) is 18.2 Å². The zero-order valence-corrected chi connectivity index (χ0v) is 11.5. The normalized spacial score (nSPS) is 10.8. The van der Waals surface area contributed by atoms with Crippen molar-refractivity contribution in [1.29, 1.82) is 0 Å². The highest BCUT2D eigenvalue weighted by atomic mass is 79.9. The van der Waals surface area contributed by atoms with Gasteiger partial charge in [-0.05, 0) is 23.6 Å². The minimum atomic E-state index is -0.361. The maximum atomic E-state index is 14.0. The van der Waals surface area contributed by atoms with Gasteiger partial charge in [0, 0.05) is 21.0 Å². The van der Waals surface area contributed by atoms with Gasteiger partial charge in [0.2, 0.25) is 0 Å². The zero-order chi connectivity index (χ0) is 13.4. The second kappa shape index (κ2) is 4.67. The first kappa shape index (κ1) is 12.2. The molecule has 1 nitrogen and oxygen atoms in total. The molecular weight excluding hydrogens is 307 g/mol. The molecule has 3 heteroatoms. The van der Waals surface area contributed by atoms with Crippen LogP contribution in [0.1, 0.15) is 0 Å². The first-order chi connectivity index (χ1) is 9.16. The predicted octanol–water partition coefficient (Wildman–Crippen LogP) is 5.11. The van der Waals surface area contributed by atoms with E-state index in [0.29, 0.717) is 15.6 Å². The summed E-state index contributed by atoms with van der Waals surface area (Å²) in [5.41, 5.74) is 0.898. The fourth-order valence-corrected chi connectivity index (χ4v) is 2.51. The van der Waals surface area contributed by atoms with Crippen LogP contribution in [0, 0.1) is 5.82 Å². The molecule has 3 rings (SSSR count). The van der Waals surface area contributed by atoms with Crippen LogP contribution >= 0.6 is 15.9 Å². The van der Waals surface area contributed by atoms with Crippen LogP contribution in [0.4, 0.5) is 4.39 Å². The maximum Gasteiger partial charge on any atom is 0.132 e. The Kier molecular flexibility index (Phi) is 2.99. The molecule has 0 aromatic heterocycles. The standard InChI is InChI=1S/C16H10BrFO/c17-11-6-8-13(15(18)9-11)14-7-5-10-3-1-2-4-12(10)16(14)19/h1-9,19H. The van der Waals surface area contributed by atoms with Gasteiger partial charge in [-0.15, -0.1) is 0 Å². The molecule has 0 unspecified atom stereocenters. The minimum Gasteiger partial charge on any atom is -0.507 e. The van der Waals surface area contributed by atoms with Crippen LogP contribution in [0.5, 0.6) is 5.75 Å². The summed E-state index contributed by atoms with van der Waals surface area (Å²) in [6.07, 6.45) is 0. The lowest BCUT2D eigenvalue weighted by molar-refractivity contribution is 0.483. The molecule has 0 heterocycles. The van der Waals surface area contributed by atoms with Crippen molar-refractivity contribution >= 4 is 26.7 Å². The maximum absolute atomic E-state index is 14.0. The fourth-order valence-electron chi connectivity index (χ4n) is 2.18. The molecule has 0 bridgehead atoms. The second-order valence-electron chi connectivity index (χ2n) is 4.31. The van der Waals surface area contributed by atoms with Gasteiger partial charge in [-0.2, -0.15) is 0 Å². The molecule has 0 aliphatic carbocycles. The SMILES string of the molecule is Oc1c(-c2ccc(Br)cc2F)ccc2ccccc12. The molecule has 0 aliphatic rings. The monoisotopic (exact) mass is 316 g/mol. The third-order valence-corrected chi connectivity index (χ3v) is 3.62. The summed E-state index contributed by atoms with van der Waals surface area (Å²) in [6.45, 7) is 0. The Labute approximate surface area is 118 Å². The smallest absolute Gasteiger partial charge is 0.132 e. The third kappa shape index (κ3) is 2.10. The van der Waals surface area contributed by atoms with E-state index < -0.39 is 0 Å². The molecule has 19 heavy (non-hydrogen) atoms. The van der Waals surface area contributed by atoms with Crippen LogP contribution in [0.3, 0.4) is 0 Å². The van der Waals surface area contributed by atoms with Crippen molar-refractivity contribution in [2.45, 2.75) is 0 Å². The number of halogens is 2. The van der Waals surface area contributed by atoms with Gasteiger partial charge in [-0.3, -0.25) is 0 Å². The van der Waals surface area contributed by atoms with Gasteiger partial charge in [-0.25, -0.2) is 4.39 Å². The van der Waals surface area contributed by atoms with Gasteiger partial charge in [0.05, 0.1) is 0 Å². The molecule has 0 amide bonds. The number of hydrogen-bond donors (Lipinski definition) is 1. The Bertz CT molecular complexity index is 768. The number of aromatic hydroxyl groups is 1. The summed E-state index contributed by atoms with van der Waals surface area (Å²) in [5, 5.41) is 12.0. The molecule has 0 saturated carbocycles. The van der Waals surface area contributed by atoms with E-state index >= 15 is 0 Å². The van der Waals surface area contributed by atoms with Crippen molar-refractivity contribution in [3.8, 4) is 16.9 Å². The number of hydrogen-bond acceptors (Lipinski definition) is 1. The first-order valence-electron chi connectivity index (χ1n) is 5.83. The summed E-state index contributed by atoms with van der Waals surface area (Å²) in [5.74, 6) is -0.251. The number of rotatable bonds is 1. The van der Waals surface area contributed by atoms with Crippen molar-refractivity contribution in [2.24, 2.45) is 0 Å². The van der Waals surface area contributed by atoms with Crippen LogP contribution in [0.15, 0.2) is 59.1 Å². The highest BCUT2D eigenvalue weighted by Gasteiger charge is 2.12. The molecule has 94 valence electrons. The zero-order valence-electron chi connectivity index (χ0n) is 9.90. The van der Waals surface area contributed by atoms with Crippen molar-refractivity contribution in [3.05, 3.63) is 64.9 Å². The van der Waals surface area contributed by atoms with Crippen LogP contribution < -0.4 is 0 Å². The Morgan fingerprint density at radius 2 is 1.63 bits per heavy atom. The lowest BCUT2D eigenvalue weighted by Crippen LogP contribution is -1.86. The van der Waals surface area contributed by atoms with E-state index in [-0.39, 0.29) is 11.6 Å². The number of phenols is 1. The minimum absolute atomic E-state index is 0.110. The fraction of sp³-hybridized carbons (Fsp3) is 0. The lowest BCUT2D eigenvalue weighted by Gasteiger charge is -2.09. The summed E-state index contributed by atoms with van der Waals surface area (Å²) in [7, 11) is 0. The van der Waals surface area contributed by atoms with Crippen LogP contribution in [-0.4, -0.2) is 5.11 Å². The van der Waals surface area contributed by atoms with Gasteiger partial charge < -0.3 is 5.11 Å². The van der Waals surface area contributed by atoms with E-state index in [9.17, 15) is 9.50 Å². The topological polar surface area (TPSA) is 20.2 Å². The van der Waals surface area contributed by atoms with Crippen LogP contribution in [-0.2, 0) is 0 Å². The molecule has 0 saturated heterocycles. The van der Waals surface area contributed by atoms with Crippen molar-refractivity contribution in [3.63, 3.8) is 0 Å². The van der Waals surface area contributed by atoms with E-state index in [2.05, 4.69) is 15.9 Å².